The van der Waals surface area contributed by atoms with Gasteiger partial charge in [0.1, 0.15) is 6.79 Å². The summed E-state index contributed by atoms with van der Waals surface area (Å²) in [7, 11) is 0. The Kier molecular flexibility index (Phi) is 12.3. The molecule has 5 heteroatoms. The highest BCUT2D eigenvalue weighted by atomic mass is 16.2. The highest BCUT2D eigenvalue weighted by Crippen LogP contribution is 2.08. The van der Waals surface area contributed by atoms with E-state index < -0.39 is 0 Å². The molecule has 2 amide bonds. The van der Waals surface area contributed by atoms with Gasteiger partial charge in [0.05, 0.1) is 0 Å². The normalized spacial score (nSPS) is 14.0. The van der Waals surface area contributed by atoms with Crippen LogP contribution < -0.4 is 0 Å². The zero-order valence-electron chi connectivity index (χ0n) is 12.9. The molecule has 0 aromatic carbocycles. The Morgan fingerprint density at radius 1 is 1.00 bits per heavy atom. The highest BCUT2D eigenvalue weighted by Gasteiger charge is 2.22. The quantitative estimate of drug-likeness (QED) is 0.766. The standard InChI is InChI=1S/C11H20N2O2.C2H6.CH2O/c1-9(2)8-11(15)13-6-4-12(5-7-13)10(3)14;2*1-2/h9H,4-8H2,1-3H3;1-2H3;1H2. The fraction of sp³-hybridized carbons (Fsp3) is 0.786. The van der Waals surface area contributed by atoms with Crippen molar-refractivity contribution >= 4 is 18.6 Å². The SMILES string of the molecule is C=O.CC.CC(=O)N1CCN(C(=O)CC(C)C)CC1. The first-order chi connectivity index (χ1) is 9.00. The predicted octanol–water partition coefficient (Wildman–Crippen LogP) is 1.56. The molecular formula is C14H28N2O3. The van der Waals surface area contributed by atoms with E-state index in [9.17, 15) is 9.59 Å². The van der Waals surface area contributed by atoms with E-state index in [4.69, 9.17) is 4.79 Å². The van der Waals surface area contributed by atoms with Crippen LogP contribution in [0.1, 0.15) is 41.0 Å². The molecular weight excluding hydrogens is 244 g/mol. The molecule has 0 unspecified atom stereocenters. The summed E-state index contributed by atoms with van der Waals surface area (Å²) in [6, 6.07) is 0. The first-order valence-electron chi connectivity index (χ1n) is 6.83. The molecule has 0 saturated carbocycles. The fourth-order valence-electron chi connectivity index (χ4n) is 1.75. The minimum absolute atomic E-state index is 0.103. The van der Waals surface area contributed by atoms with Crippen LogP contribution in [-0.4, -0.2) is 54.6 Å². The number of hydrogen-bond donors (Lipinski definition) is 0. The van der Waals surface area contributed by atoms with Crippen molar-refractivity contribution in [3.05, 3.63) is 0 Å². The van der Waals surface area contributed by atoms with Crippen LogP contribution in [0.4, 0.5) is 0 Å². The highest BCUT2D eigenvalue weighted by molar-refractivity contribution is 5.77. The number of carbonyl (C=O) groups is 3. The van der Waals surface area contributed by atoms with Crippen molar-refractivity contribution in [2.24, 2.45) is 5.92 Å². The van der Waals surface area contributed by atoms with Gasteiger partial charge < -0.3 is 14.6 Å². The minimum atomic E-state index is 0.103. The third-order valence-electron chi connectivity index (χ3n) is 2.66. The second-order valence-electron chi connectivity index (χ2n) is 4.48. The van der Waals surface area contributed by atoms with Crippen LogP contribution in [0, 0.1) is 5.92 Å². The van der Waals surface area contributed by atoms with Gasteiger partial charge in [-0.25, -0.2) is 0 Å². The Morgan fingerprint density at radius 2 is 1.37 bits per heavy atom. The molecule has 1 rings (SSSR count). The monoisotopic (exact) mass is 272 g/mol. The molecule has 0 atom stereocenters. The lowest BCUT2D eigenvalue weighted by Gasteiger charge is -2.34. The molecule has 1 aliphatic heterocycles. The fourth-order valence-corrected chi connectivity index (χ4v) is 1.75. The average molecular weight is 272 g/mol. The lowest BCUT2D eigenvalue weighted by molar-refractivity contribution is -0.138. The van der Waals surface area contributed by atoms with E-state index in [0.717, 1.165) is 0 Å². The van der Waals surface area contributed by atoms with Gasteiger partial charge in [-0.1, -0.05) is 27.7 Å². The number of carbonyl (C=O) groups excluding carboxylic acids is 3. The van der Waals surface area contributed by atoms with Gasteiger partial charge in [0, 0.05) is 39.5 Å². The molecule has 0 aromatic rings. The summed E-state index contributed by atoms with van der Waals surface area (Å²) in [5.74, 6) is 0.725. The summed E-state index contributed by atoms with van der Waals surface area (Å²) in [5, 5.41) is 0. The molecule has 1 aliphatic rings. The number of rotatable bonds is 2. The summed E-state index contributed by atoms with van der Waals surface area (Å²) in [6.07, 6.45) is 0.611. The zero-order valence-corrected chi connectivity index (χ0v) is 12.9. The van der Waals surface area contributed by atoms with Gasteiger partial charge in [-0.15, -0.1) is 0 Å². The molecule has 0 bridgehead atoms. The maximum absolute atomic E-state index is 11.7. The molecule has 1 fully saturated rings. The summed E-state index contributed by atoms with van der Waals surface area (Å²) in [6.45, 7) is 14.4. The Hall–Kier alpha value is -1.39. The lowest BCUT2D eigenvalue weighted by atomic mass is 10.1. The molecule has 0 aliphatic carbocycles. The van der Waals surface area contributed by atoms with Crippen molar-refractivity contribution in [2.75, 3.05) is 26.2 Å². The van der Waals surface area contributed by atoms with E-state index in [1.54, 1.807) is 11.8 Å². The maximum Gasteiger partial charge on any atom is 0.222 e. The molecule has 112 valence electrons. The van der Waals surface area contributed by atoms with Crippen molar-refractivity contribution in [3.63, 3.8) is 0 Å². The molecule has 0 radical (unpaired) electrons. The van der Waals surface area contributed by atoms with Gasteiger partial charge in [0.15, 0.2) is 0 Å². The van der Waals surface area contributed by atoms with Crippen LogP contribution in [0.5, 0.6) is 0 Å². The summed E-state index contributed by atoms with van der Waals surface area (Å²) in [4.78, 5) is 34.4. The summed E-state index contributed by atoms with van der Waals surface area (Å²) in [5.41, 5.74) is 0. The molecule has 0 spiro atoms. The first kappa shape index (κ1) is 19.9. The van der Waals surface area contributed by atoms with E-state index in [2.05, 4.69) is 0 Å². The second-order valence-corrected chi connectivity index (χ2v) is 4.48. The Bertz CT molecular complexity index is 259. The minimum Gasteiger partial charge on any atom is -0.339 e. The smallest absolute Gasteiger partial charge is 0.222 e. The third kappa shape index (κ3) is 8.35. The largest absolute Gasteiger partial charge is 0.339 e. The molecule has 1 heterocycles. The third-order valence-corrected chi connectivity index (χ3v) is 2.66. The van der Waals surface area contributed by atoms with Crippen LogP contribution in [0.15, 0.2) is 0 Å². The van der Waals surface area contributed by atoms with Gasteiger partial charge in [-0.05, 0) is 5.92 Å². The van der Waals surface area contributed by atoms with Gasteiger partial charge in [0.25, 0.3) is 0 Å². The van der Waals surface area contributed by atoms with Gasteiger partial charge in [-0.2, -0.15) is 0 Å². The van der Waals surface area contributed by atoms with E-state index in [1.165, 1.54) is 0 Å². The molecule has 19 heavy (non-hydrogen) atoms. The Balaban J connectivity index is 0. The van der Waals surface area contributed by atoms with E-state index in [1.807, 2.05) is 39.4 Å². The van der Waals surface area contributed by atoms with Gasteiger partial charge in [-0.3, -0.25) is 9.59 Å². The molecule has 5 nitrogen and oxygen atoms in total. The average Bonchev–Trinajstić information content (AvgIpc) is 2.42. The molecule has 0 N–H and O–H groups in total. The van der Waals surface area contributed by atoms with Crippen molar-refractivity contribution < 1.29 is 14.4 Å². The lowest BCUT2D eigenvalue weighted by Crippen LogP contribution is -2.50. The van der Waals surface area contributed by atoms with Gasteiger partial charge >= 0.3 is 0 Å². The van der Waals surface area contributed by atoms with Gasteiger partial charge in [0.2, 0.25) is 11.8 Å². The number of nitrogens with zero attached hydrogens (tertiary/aromatic N) is 2. The second kappa shape index (κ2) is 11.7. The maximum atomic E-state index is 11.7. The molecule has 1 saturated heterocycles. The number of amides is 2. The zero-order chi connectivity index (χ0) is 15.4. The van der Waals surface area contributed by atoms with E-state index in [0.29, 0.717) is 38.5 Å². The van der Waals surface area contributed by atoms with Crippen LogP contribution in [0.2, 0.25) is 0 Å². The topological polar surface area (TPSA) is 57.7 Å². The number of hydrogen-bond acceptors (Lipinski definition) is 3. The summed E-state index contributed by atoms with van der Waals surface area (Å²) >= 11 is 0. The van der Waals surface area contributed by atoms with E-state index >= 15 is 0 Å². The summed E-state index contributed by atoms with van der Waals surface area (Å²) < 4.78 is 0. The number of piperazine rings is 1. The van der Waals surface area contributed by atoms with E-state index in [-0.39, 0.29) is 11.8 Å². The van der Waals surface area contributed by atoms with Crippen molar-refractivity contribution in [3.8, 4) is 0 Å². The van der Waals surface area contributed by atoms with Crippen LogP contribution in [-0.2, 0) is 14.4 Å². The van der Waals surface area contributed by atoms with Crippen LogP contribution in [0.3, 0.4) is 0 Å². The van der Waals surface area contributed by atoms with Crippen molar-refractivity contribution in [1.29, 1.82) is 0 Å². The first-order valence-corrected chi connectivity index (χ1v) is 6.83. The van der Waals surface area contributed by atoms with Crippen molar-refractivity contribution in [2.45, 2.75) is 41.0 Å². The predicted molar refractivity (Wildman–Crippen MR) is 76.8 cm³/mol. The van der Waals surface area contributed by atoms with Crippen LogP contribution >= 0.6 is 0 Å². The van der Waals surface area contributed by atoms with Crippen LogP contribution in [0.25, 0.3) is 0 Å². The Labute approximate surface area is 116 Å². The Morgan fingerprint density at radius 3 is 1.68 bits per heavy atom. The van der Waals surface area contributed by atoms with Crippen molar-refractivity contribution in [1.82, 2.24) is 9.80 Å². The molecule has 0 aromatic heterocycles.